The standard InChI is InChI=1S/C25H18N8OS.CH4/c34-25(13-3-4-13)29-16-6-14(8-26-10-16)15-7-17-22(32-33-23(17)28-9-15)24-30-19-12-27-11-18(21(19)31-24)20-2-1-5-35-20;/h1-2,5-13H,3-4H2,(H,29,34)(H,30,31)(H,28,32,33);1H4. The molecule has 1 saturated carbocycles. The van der Waals surface area contributed by atoms with E-state index in [0.29, 0.717) is 17.2 Å². The fourth-order valence-corrected chi connectivity index (χ4v) is 4.89. The predicted octanol–water partition coefficient (Wildman–Crippen LogP) is 5.67. The molecule has 0 unspecified atom stereocenters. The summed E-state index contributed by atoms with van der Waals surface area (Å²) in [5.74, 6) is 0.844. The highest BCUT2D eigenvalue weighted by atomic mass is 32.1. The van der Waals surface area contributed by atoms with Crippen molar-refractivity contribution in [3.8, 4) is 33.1 Å². The fraction of sp³-hybridized carbons (Fsp3) is 0.154. The molecule has 1 fully saturated rings. The molecule has 3 N–H and O–H groups in total. The molecule has 0 aromatic carbocycles. The molecule has 1 aliphatic carbocycles. The molecule has 0 radical (unpaired) electrons. The van der Waals surface area contributed by atoms with Gasteiger partial charge in [-0.25, -0.2) is 9.97 Å². The van der Waals surface area contributed by atoms with Crippen LogP contribution in [-0.4, -0.2) is 41.0 Å². The molecular weight excluding hydrogens is 472 g/mol. The first-order valence-corrected chi connectivity index (χ1v) is 12.1. The molecule has 7 rings (SSSR count). The number of nitrogens with zero attached hydrogens (tertiary/aromatic N) is 5. The van der Waals surface area contributed by atoms with Gasteiger partial charge < -0.3 is 10.3 Å². The van der Waals surface area contributed by atoms with E-state index in [1.54, 1.807) is 36.1 Å². The number of amides is 1. The Morgan fingerprint density at radius 2 is 1.92 bits per heavy atom. The summed E-state index contributed by atoms with van der Waals surface area (Å²) in [5.41, 5.74) is 6.42. The van der Waals surface area contributed by atoms with Gasteiger partial charge in [0.25, 0.3) is 0 Å². The highest BCUT2D eigenvalue weighted by Crippen LogP contribution is 2.34. The van der Waals surface area contributed by atoms with Gasteiger partial charge in [-0.1, -0.05) is 13.5 Å². The summed E-state index contributed by atoms with van der Waals surface area (Å²) in [6, 6.07) is 8.00. The zero-order chi connectivity index (χ0) is 23.4. The van der Waals surface area contributed by atoms with E-state index in [1.165, 1.54) is 0 Å². The Labute approximate surface area is 210 Å². The second-order valence-corrected chi connectivity index (χ2v) is 9.51. The van der Waals surface area contributed by atoms with Gasteiger partial charge in [-0.15, -0.1) is 11.3 Å². The highest BCUT2D eigenvalue weighted by Gasteiger charge is 2.29. The van der Waals surface area contributed by atoms with Crippen molar-refractivity contribution in [3.05, 3.63) is 60.6 Å². The SMILES string of the molecule is C.O=C(Nc1cncc(-c2cnc3n[nH]c(-c4nc5c(-c6cccs6)cncc5[nH]4)c3c2)c1)C1CC1. The number of nitrogens with one attached hydrogen (secondary N) is 3. The lowest BCUT2D eigenvalue weighted by Crippen LogP contribution is -2.13. The molecule has 0 aliphatic heterocycles. The monoisotopic (exact) mass is 494 g/mol. The van der Waals surface area contributed by atoms with E-state index >= 15 is 0 Å². The van der Waals surface area contributed by atoms with Gasteiger partial charge in [-0.2, -0.15) is 5.10 Å². The number of rotatable bonds is 5. The van der Waals surface area contributed by atoms with Gasteiger partial charge in [0.05, 0.1) is 29.0 Å². The summed E-state index contributed by atoms with van der Waals surface area (Å²) in [5, 5.41) is 13.3. The van der Waals surface area contributed by atoms with Crippen molar-refractivity contribution in [3.63, 3.8) is 0 Å². The van der Waals surface area contributed by atoms with Crippen LogP contribution >= 0.6 is 11.3 Å². The summed E-state index contributed by atoms with van der Waals surface area (Å²) >= 11 is 1.65. The van der Waals surface area contributed by atoms with Gasteiger partial charge in [0.15, 0.2) is 11.5 Å². The first kappa shape index (κ1) is 22.1. The first-order valence-electron chi connectivity index (χ1n) is 11.2. The van der Waals surface area contributed by atoms with Crippen molar-refractivity contribution < 1.29 is 4.79 Å². The molecule has 0 atom stereocenters. The quantitative estimate of drug-likeness (QED) is 0.283. The maximum absolute atomic E-state index is 12.2. The van der Waals surface area contributed by atoms with E-state index in [4.69, 9.17) is 4.98 Å². The third-order valence-electron chi connectivity index (χ3n) is 6.11. The van der Waals surface area contributed by atoms with Gasteiger partial charge in [0.1, 0.15) is 11.2 Å². The summed E-state index contributed by atoms with van der Waals surface area (Å²) < 4.78 is 0. The molecule has 6 aromatic rings. The van der Waals surface area contributed by atoms with E-state index in [9.17, 15) is 4.79 Å². The smallest absolute Gasteiger partial charge is 0.227 e. The van der Waals surface area contributed by atoms with Crippen LogP contribution in [0.5, 0.6) is 0 Å². The van der Waals surface area contributed by atoms with E-state index in [-0.39, 0.29) is 19.3 Å². The number of carbonyl (C=O) groups excluding carboxylic acids is 1. The zero-order valence-corrected chi connectivity index (χ0v) is 19.1. The number of carbonyl (C=O) groups is 1. The Bertz CT molecular complexity index is 1720. The molecule has 0 saturated heterocycles. The Hall–Kier alpha value is -4.44. The molecule has 0 bridgehead atoms. The summed E-state index contributed by atoms with van der Waals surface area (Å²) in [6.07, 6.45) is 10.7. The number of imidazole rings is 1. The van der Waals surface area contributed by atoms with E-state index < -0.39 is 0 Å². The lowest BCUT2D eigenvalue weighted by Gasteiger charge is -2.06. The minimum Gasteiger partial charge on any atom is -0.335 e. The number of anilines is 1. The number of aromatic amines is 2. The minimum absolute atomic E-state index is 0. The third kappa shape index (κ3) is 3.81. The third-order valence-corrected chi connectivity index (χ3v) is 7.02. The lowest BCUT2D eigenvalue weighted by atomic mass is 10.1. The van der Waals surface area contributed by atoms with Crippen LogP contribution in [0.1, 0.15) is 20.3 Å². The number of hydrogen-bond acceptors (Lipinski definition) is 7. The Balaban J connectivity index is 0.00000240. The van der Waals surface area contributed by atoms with Crippen molar-refractivity contribution >= 4 is 45.0 Å². The molecule has 10 heteroatoms. The molecule has 1 aliphatic rings. The van der Waals surface area contributed by atoms with Crippen LogP contribution in [-0.2, 0) is 4.79 Å². The molecular formula is C26H22N8OS. The second-order valence-electron chi connectivity index (χ2n) is 8.57. The Morgan fingerprint density at radius 3 is 2.75 bits per heavy atom. The van der Waals surface area contributed by atoms with Crippen LogP contribution < -0.4 is 5.32 Å². The maximum Gasteiger partial charge on any atom is 0.227 e. The van der Waals surface area contributed by atoms with Gasteiger partial charge in [0.2, 0.25) is 5.91 Å². The first-order chi connectivity index (χ1) is 17.2. The van der Waals surface area contributed by atoms with E-state index in [0.717, 1.165) is 56.5 Å². The lowest BCUT2D eigenvalue weighted by molar-refractivity contribution is -0.117. The van der Waals surface area contributed by atoms with Crippen molar-refractivity contribution in [2.75, 3.05) is 5.32 Å². The van der Waals surface area contributed by atoms with Gasteiger partial charge in [0, 0.05) is 46.1 Å². The molecule has 6 aromatic heterocycles. The molecule has 1 amide bonds. The highest BCUT2D eigenvalue weighted by molar-refractivity contribution is 7.13. The average molecular weight is 495 g/mol. The molecule has 36 heavy (non-hydrogen) atoms. The van der Waals surface area contributed by atoms with Crippen molar-refractivity contribution in [2.24, 2.45) is 5.92 Å². The van der Waals surface area contributed by atoms with Crippen LogP contribution in [0.4, 0.5) is 5.69 Å². The topological polar surface area (TPSA) is 125 Å². The predicted molar refractivity (Wildman–Crippen MR) is 141 cm³/mol. The average Bonchev–Trinajstić information content (AvgIpc) is 3.26. The summed E-state index contributed by atoms with van der Waals surface area (Å²) in [6.45, 7) is 0. The molecule has 178 valence electrons. The number of H-pyrrole nitrogens is 2. The summed E-state index contributed by atoms with van der Waals surface area (Å²) in [7, 11) is 0. The van der Waals surface area contributed by atoms with E-state index in [2.05, 4.69) is 41.5 Å². The Morgan fingerprint density at radius 1 is 1.06 bits per heavy atom. The van der Waals surface area contributed by atoms with E-state index in [1.807, 2.05) is 29.8 Å². The number of thiophene rings is 1. The van der Waals surface area contributed by atoms with Crippen LogP contribution in [0.15, 0.2) is 60.6 Å². The largest absolute Gasteiger partial charge is 0.335 e. The van der Waals surface area contributed by atoms with Crippen LogP contribution in [0.3, 0.4) is 0 Å². The van der Waals surface area contributed by atoms with Gasteiger partial charge in [-0.05, 0) is 36.4 Å². The van der Waals surface area contributed by atoms with Crippen LogP contribution in [0, 0.1) is 5.92 Å². The number of hydrogen-bond donors (Lipinski definition) is 3. The molecule has 9 nitrogen and oxygen atoms in total. The fourth-order valence-electron chi connectivity index (χ4n) is 4.16. The summed E-state index contributed by atoms with van der Waals surface area (Å²) in [4.78, 5) is 34.8. The number of fused-ring (bicyclic) bond motifs is 2. The van der Waals surface area contributed by atoms with Gasteiger partial charge in [-0.3, -0.25) is 19.9 Å². The Kier molecular flexibility index (Phi) is 5.30. The van der Waals surface area contributed by atoms with Crippen molar-refractivity contribution in [2.45, 2.75) is 20.3 Å². The molecule has 6 heterocycles. The van der Waals surface area contributed by atoms with Crippen molar-refractivity contribution in [1.29, 1.82) is 0 Å². The zero-order valence-electron chi connectivity index (χ0n) is 18.3. The second kappa shape index (κ2) is 8.65. The minimum atomic E-state index is 0. The van der Waals surface area contributed by atoms with Crippen molar-refractivity contribution in [1.82, 2.24) is 35.1 Å². The normalized spacial score (nSPS) is 13.1. The maximum atomic E-state index is 12.2. The molecule has 0 spiro atoms. The number of pyridine rings is 3. The van der Waals surface area contributed by atoms with Gasteiger partial charge >= 0.3 is 0 Å². The number of aromatic nitrogens is 7. The van der Waals surface area contributed by atoms with Crippen LogP contribution in [0.25, 0.3) is 55.2 Å². The van der Waals surface area contributed by atoms with Crippen LogP contribution in [0.2, 0.25) is 0 Å².